The second kappa shape index (κ2) is 7.25. The van der Waals surface area contributed by atoms with E-state index in [1.807, 2.05) is 0 Å². The first-order valence-corrected chi connectivity index (χ1v) is 9.34. The quantitative estimate of drug-likeness (QED) is 0.845. The van der Waals surface area contributed by atoms with Gasteiger partial charge >= 0.3 is 6.03 Å². The fourth-order valence-electron chi connectivity index (χ4n) is 3.94. The molecular weight excluding hydrogens is 314 g/mol. The largest absolute Gasteiger partial charge is 0.331 e. The summed E-state index contributed by atoms with van der Waals surface area (Å²) in [4.78, 5) is 12.4. The Labute approximate surface area is 148 Å². The molecule has 6 nitrogen and oxygen atoms in total. The maximum Gasteiger partial charge on any atom is 0.315 e. The van der Waals surface area contributed by atoms with Crippen LogP contribution >= 0.6 is 0 Å². The monoisotopic (exact) mass is 339 g/mol. The average Bonchev–Trinajstić information content (AvgIpc) is 2.95. The summed E-state index contributed by atoms with van der Waals surface area (Å²) in [5, 5.41) is 14.6. The highest BCUT2D eigenvalue weighted by atomic mass is 16.2. The summed E-state index contributed by atoms with van der Waals surface area (Å²) >= 11 is 0. The van der Waals surface area contributed by atoms with E-state index in [0.717, 1.165) is 50.3 Å². The van der Waals surface area contributed by atoms with Crippen molar-refractivity contribution in [1.82, 2.24) is 25.4 Å². The lowest BCUT2D eigenvalue weighted by Crippen LogP contribution is -2.38. The third kappa shape index (κ3) is 3.52. The number of amides is 2. The van der Waals surface area contributed by atoms with Crippen molar-refractivity contribution in [2.75, 3.05) is 0 Å². The zero-order valence-electron chi connectivity index (χ0n) is 14.5. The number of nitrogens with one attached hydrogen (secondary N) is 2. The SMILES string of the molecule is O=C(NCc1nnc2n1CCCC2)NC1CCCCc2ccccc21. The van der Waals surface area contributed by atoms with Gasteiger partial charge in [-0.25, -0.2) is 4.79 Å². The molecule has 1 aromatic heterocycles. The highest BCUT2D eigenvalue weighted by Crippen LogP contribution is 2.28. The van der Waals surface area contributed by atoms with Gasteiger partial charge in [-0.2, -0.15) is 0 Å². The standard InChI is InChI=1S/C19H25N5O/c25-19(20-13-18-23-22-17-11-5-6-12-24(17)18)21-16-10-4-2-8-14-7-1-3-9-15(14)16/h1,3,7,9,16H,2,4-6,8,10-13H2,(H2,20,21,25). The van der Waals surface area contributed by atoms with Crippen molar-refractivity contribution >= 4 is 6.03 Å². The highest BCUT2D eigenvalue weighted by Gasteiger charge is 2.21. The van der Waals surface area contributed by atoms with E-state index >= 15 is 0 Å². The fourth-order valence-corrected chi connectivity index (χ4v) is 3.94. The highest BCUT2D eigenvalue weighted by molar-refractivity contribution is 5.74. The minimum absolute atomic E-state index is 0.0889. The fraction of sp³-hybridized carbons (Fsp3) is 0.526. The molecule has 0 saturated carbocycles. The number of benzene rings is 1. The molecule has 4 rings (SSSR count). The van der Waals surface area contributed by atoms with E-state index < -0.39 is 0 Å². The minimum Gasteiger partial charge on any atom is -0.331 e. The van der Waals surface area contributed by atoms with E-state index in [1.165, 1.54) is 24.0 Å². The number of aryl methyl sites for hydroxylation is 2. The molecule has 0 fully saturated rings. The number of urea groups is 1. The lowest BCUT2D eigenvalue weighted by atomic mass is 9.99. The lowest BCUT2D eigenvalue weighted by molar-refractivity contribution is 0.235. The first-order chi connectivity index (χ1) is 12.3. The predicted octanol–water partition coefficient (Wildman–Crippen LogP) is 2.88. The maximum absolute atomic E-state index is 12.4. The second-order valence-corrected chi connectivity index (χ2v) is 6.97. The minimum atomic E-state index is -0.130. The van der Waals surface area contributed by atoms with Crippen LogP contribution in [0.15, 0.2) is 24.3 Å². The van der Waals surface area contributed by atoms with E-state index in [0.29, 0.717) is 6.54 Å². The average molecular weight is 339 g/mol. The molecule has 6 heteroatoms. The van der Waals surface area contributed by atoms with Crippen LogP contribution in [0.4, 0.5) is 4.79 Å². The van der Waals surface area contributed by atoms with Crippen molar-refractivity contribution in [2.45, 2.75) is 64.1 Å². The number of carbonyl (C=O) groups is 1. The van der Waals surface area contributed by atoms with Gasteiger partial charge < -0.3 is 15.2 Å². The Morgan fingerprint density at radius 3 is 2.96 bits per heavy atom. The first-order valence-electron chi connectivity index (χ1n) is 9.34. The van der Waals surface area contributed by atoms with Crippen LogP contribution in [0, 0.1) is 0 Å². The molecule has 2 aromatic rings. The molecule has 0 saturated heterocycles. The van der Waals surface area contributed by atoms with Crippen LogP contribution in [0.25, 0.3) is 0 Å². The predicted molar refractivity (Wildman–Crippen MR) is 95.1 cm³/mol. The Morgan fingerprint density at radius 1 is 1.12 bits per heavy atom. The van der Waals surface area contributed by atoms with Crippen molar-refractivity contribution in [1.29, 1.82) is 0 Å². The van der Waals surface area contributed by atoms with Crippen LogP contribution in [0.5, 0.6) is 0 Å². The molecule has 1 aliphatic carbocycles. The van der Waals surface area contributed by atoms with E-state index in [1.54, 1.807) is 0 Å². The van der Waals surface area contributed by atoms with Gasteiger partial charge in [0.1, 0.15) is 5.82 Å². The summed E-state index contributed by atoms with van der Waals surface area (Å²) in [6, 6.07) is 8.41. The summed E-state index contributed by atoms with van der Waals surface area (Å²) in [6.07, 6.45) is 7.72. The topological polar surface area (TPSA) is 71.8 Å². The maximum atomic E-state index is 12.4. The van der Waals surface area contributed by atoms with Gasteiger partial charge in [0.2, 0.25) is 0 Å². The Kier molecular flexibility index (Phi) is 4.68. The van der Waals surface area contributed by atoms with Gasteiger partial charge in [-0.1, -0.05) is 30.7 Å². The van der Waals surface area contributed by atoms with Crippen LogP contribution in [-0.2, 0) is 25.9 Å². The van der Waals surface area contributed by atoms with Gasteiger partial charge in [-0.05, 0) is 43.2 Å². The Morgan fingerprint density at radius 2 is 2.00 bits per heavy atom. The molecule has 2 heterocycles. The normalized spacial score (nSPS) is 19.4. The first kappa shape index (κ1) is 16.1. The van der Waals surface area contributed by atoms with Gasteiger partial charge in [0.15, 0.2) is 5.82 Å². The molecule has 1 unspecified atom stereocenters. The van der Waals surface area contributed by atoms with E-state index in [9.17, 15) is 4.79 Å². The lowest BCUT2D eigenvalue weighted by Gasteiger charge is -2.20. The van der Waals surface area contributed by atoms with Gasteiger partial charge in [-0.3, -0.25) is 0 Å². The number of nitrogens with zero attached hydrogens (tertiary/aromatic N) is 3. The molecule has 0 radical (unpaired) electrons. The molecule has 2 amide bonds. The summed E-state index contributed by atoms with van der Waals surface area (Å²) in [5.74, 6) is 1.90. The van der Waals surface area contributed by atoms with Crippen LogP contribution in [0.2, 0.25) is 0 Å². The number of hydrogen-bond donors (Lipinski definition) is 2. The summed E-state index contributed by atoms with van der Waals surface area (Å²) < 4.78 is 2.14. The van der Waals surface area contributed by atoms with Crippen molar-refractivity contribution in [3.63, 3.8) is 0 Å². The van der Waals surface area contributed by atoms with E-state index in [4.69, 9.17) is 0 Å². The van der Waals surface area contributed by atoms with Crippen molar-refractivity contribution in [3.8, 4) is 0 Å². The number of rotatable bonds is 3. The molecule has 1 atom stereocenters. The number of fused-ring (bicyclic) bond motifs is 2. The molecule has 0 bridgehead atoms. The Bertz CT molecular complexity index is 754. The summed E-state index contributed by atoms with van der Waals surface area (Å²) in [7, 11) is 0. The third-order valence-electron chi connectivity index (χ3n) is 5.27. The number of carbonyl (C=O) groups excluding carboxylic acids is 1. The molecule has 1 aliphatic heterocycles. The van der Waals surface area contributed by atoms with Crippen LogP contribution in [-0.4, -0.2) is 20.8 Å². The van der Waals surface area contributed by atoms with Gasteiger partial charge in [0, 0.05) is 13.0 Å². The second-order valence-electron chi connectivity index (χ2n) is 6.97. The van der Waals surface area contributed by atoms with Gasteiger partial charge in [0.05, 0.1) is 12.6 Å². The van der Waals surface area contributed by atoms with E-state index in [-0.39, 0.29) is 12.1 Å². The van der Waals surface area contributed by atoms with Crippen molar-refractivity contribution in [3.05, 3.63) is 47.0 Å². The molecule has 0 spiro atoms. The van der Waals surface area contributed by atoms with Crippen LogP contribution < -0.4 is 10.6 Å². The van der Waals surface area contributed by atoms with Gasteiger partial charge in [-0.15, -0.1) is 10.2 Å². The van der Waals surface area contributed by atoms with E-state index in [2.05, 4.69) is 49.7 Å². The Hall–Kier alpha value is -2.37. The molecule has 25 heavy (non-hydrogen) atoms. The Balaban J connectivity index is 1.39. The third-order valence-corrected chi connectivity index (χ3v) is 5.27. The summed E-state index contributed by atoms with van der Waals surface area (Å²) in [5.41, 5.74) is 2.62. The number of hydrogen-bond acceptors (Lipinski definition) is 3. The van der Waals surface area contributed by atoms with Crippen molar-refractivity contribution in [2.24, 2.45) is 0 Å². The van der Waals surface area contributed by atoms with Crippen LogP contribution in [0.3, 0.4) is 0 Å². The van der Waals surface area contributed by atoms with Crippen LogP contribution in [0.1, 0.15) is 60.9 Å². The van der Waals surface area contributed by atoms with Crippen molar-refractivity contribution < 1.29 is 4.79 Å². The molecule has 1 aromatic carbocycles. The zero-order chi connectivity index (χ0) is 17.1. The molecular formula is C19H25N5O. The zero-order valence-corrected chi connectivity index (χ0v) is 14.5. The smallest absolute Gasteiger partial charge is 0.315 e. The molecule has 2 aliphatic rings. The number of aromatic nitrogens is 3. The summed E-state index contributed by atoms with van der Waals surface area (Å²) in [6.45, 7) is 1.38. The molecule has 132 valence electrons. The molecule has 2 N–H and O–H groups in total. The van der Waals surface area contributed by atoms with Gasteiger partial charge in [0.25, 0.3) is 0 Å².